The number of nitrogens with one attached hydrogen (secondary N) is 2. The van der Waals surface area contributed by atoms with E-state index in [4.69, 9.17) is 0 Å². The molecule has 1 fully saturated rings. The summed E-state index contributed by atoms with van der Waals surface area (Å²) in [5.74, 6) is 1.56. The van der Waals surface area contributed by atoms with E-state index in [1.165, 1.54) is 6.20 Å². The summed E-state index contributed by atoms with van der Waals surface area (Å²) in [6, 6.07) is 0.140. The van der Waals surface area contributed by atoms with Crippen LogP contribution in [0.15, 0.2) is 6.20 Å². The van der Waals surface area contributed by atoms with E-state index < -0.39 is 16.6 Å². The topological polar surface area (TPSA) is 66.9 Å². The molecule has 1 aliphatic heterocycles. The number of anilines is 2. The Balaban J connectivity index is 2.00. The van der Waals surface area contributed by atoms with Gasteiger partial charge in [-0.25, -0.2) is 9.37 Å². The molecule has 5 nitrogen and oxygen atoms in total. The van der Waals surface area contributed by atoms with Crippen molar-refractivity contribution in [3.05, 3.63) is 12.0 Å². The molecule has 2 rings (SSSR count). The molecule has 1 saturated heterocycles. The summed E-state index contributed by atoms with van der Waals surface area (Å²) in [6.07, 6.45) is 3.70. The molecule has 106 valence electrons. The van der Waals surface area contributed by atoms with Crippen LogP contribution in [0.5, 0.6) is 0 Å². The zero-order valence-corrected chi connectivity index (χ0v) is 11.8. The van der Waals surface area contributed by atoms with E-state index in [-0.39, 0.29) is 11.9 Å². The molecule has 0 saturated carbocycles. The van der Waals surface area contributed by atoms with Crippen LogP contribution in [-0.2, 0) is 10.8 Å². The number of hydrogen-bond donors (Lipinski definition) is 2. The molecule has 0 aliphatic carbocycles. The first-order valence-electron chi connectivity index (χ1n) is 6.57. The van der Waals surface area contributed by atoms with E-state index in [9.17, 15) is 8.60 Å². The highest BCUT2D eigenvalue weighted by Gasteiger charge is 2.19. The second-order valence-electron chi connectivity index (χ2n) is 4.58. The van der Waals surface area contributed by atoms with Gasteiger partial charge in [0.05, 0.1) is 6.20 Å². The van der Waals surface area contributed by atoms with Gasteiger partial charge in [-0.2, -0.15) is 4.98 Å². The summed E-state index contributed by atoms with van der Waals surface area (Å²) in [7, 11) is -0.712. The molecule has 1 aliphatic rings. The van der Waals surface area contributed by atoms with E-state index in [0.29, 0.717) is 17.5 Å². The van der Waals surface area contributed by atoms with Crippen molar-refractivity contribution in [3.8, 4) is 0 Å². The number of halogens is 1. The molecule has 2 heterocycles. The minimum Gasteiger partial charge on any atom is -0.365 e. The highest BCUT2D eigenvalue weighted by molar-refractivity contribution is 7.85. The van der Waals surface area contributed by atoms with Crippen molar-refractivity contribution in [1.82, 2.24) is 9.97 Å². The monoisotopic (exact) mass is 286 g/mol. The van der Waals surface area contributed by atoms with Gasteiger partial charge in [0.1, 0.15) is 0 Å². The van der Waals surface area contributed by atoms with Crippen LogP contribution in [0.3, 0.4) is 0 Å². The van der Waals surface area contributed by atoms with Crippen LogP contribution in [0.1, 0.15) is 26.2 Å². The van der Waals surface area contributed by atoms with E-state index in [1.54, 1.807) is 0 Å². The van der Waals surface area contributed by atoms with Crippen LogP contribution < -0.4 is 10.6 Å². The lowest BCUT2D eigenvalue weighted by Crippen LogP contribution is -2.30. The number of rotatable bonds is 5. The molecule has 0 amide bonds. The molecule has 2 N–H and O–H groups in total. The summed E-state index contributed by atoms with van der Waals surface area (Å²) in [5.41, 5.74) is 0. The van der Waals surface area contributed by atoms with Crippen LogP contribution in [0.4, 0.5) is 16.2 Å². The number of hydrogen-bond acceptors (Lipinski definition) is 5. The van der Waals surface area contributed by atoms with E-state index >= 15 is 0 Å². The van der Waals surface area contributed by atoms with Crippen molar-refractivity contribution >= 4 is 22.6 Å². The SMILES string of the molecule is CCCNc1ncc(F)c(NC2CCS(=O)CC2)n1. The second kappa shape index (κ2) is 6.79. The third-order valence-electron chi connectivity index (χ3n) is 3.01. The highest BCUT2D eigenvalue weighted by Crippen LogP contribution is 2.18. The Morgan fingerprint density at radius 1 is 1.47 bits per heavy atom. The summed E-state index contributed by atoms with van der Waals surface area (Å²) < 4.78 is 24.9. The fourth-order valence-corrected chi connectivity index (χ4v) is 3.22. The van der Waals surface area contributed by atoms with Crippen molar-refractivity contribution in [1.29, 1.82) is 0 Å². The third kappa shape index (κ3) is 4.12. The largest absolute Gasteiger partial charge is 0.365 e. The zero-order valence-electron chi connectivity index (χ0n) is 11.0. The van der Waals surface area contributed by atoms with Crippen molar-refractivity contribution in [2.75, 3.05) is 28.7 Å². The Labute approximate surface area is 114 Å². The summed E-state index contributed by atoms with van der Waals surface area (Å²) in [4.78, 5) is 8.03. The maximum atomic E-state index is 13.6. The van der Waals surface area contributed by atoms with Crippen LogP contribution >= 0.6 is 0 Å². The molecular formula is C12H19FN4OS. The van der Waals surface area contributed by atoms with Crippen molar-refractivity contribution < 1.29 is 8.60 Å². The lowest BCUT2D eigenvalue weighted by atomic mass is 10.1. The molecule has 0 spiro atoms. The second-order valence-corrected chi connectivity index (χ2v) is 6.28. The molecular weight excluding hydrogens is 267 g/mol. The van der Waals surface area contributed by atoms with Crippen LogP contribution in [-0.4, -0.2) is 38.3 Å². The first kappa shape index (κ1) is 14.2. The first-order chi connectivity index (χ1) is 9.19. The maximum Gasteiger partial charge on any atom is 0.224 e. The van der Waals surface area contributed by atoms with Gasteiger partial charge in [-0.15, -0.1) is 0 Å². The number of nitrogens with zero attached hydrogens (tertiary/aromatic N) is 2. The lowest BCUT2D eigenvalue weighted by Gasteiger charge is -2.23. The average Bonchev–Trinajstić information content (AvgIpc) is 2.42. The molecule has 7 heteroatoms. The molecule has 1 aromatic rings. The van der Waals surface area contributed by atoms with Gasteiger partial charge in [0.2, 0.25) is 5.95 Å². The average molecular weight is 286 g/mol. The fraction of sp³-hybridized carbons (Fsp3) is 0.667. The lowest BCUT2D eigenvalue weighted by molar-refractivity contribution is 0.594. The van der Waals surface area contributed by atoms with E-state index in [0.717, 1.165) is 25.8 Å². The molecule has 0 aromatic carbocycles. The highest BCUT2D eigenvalue weighted by atomic mass is 32.2. The minimum atomic E-state index is -0.712. The smallest absolute Gasteiger partial charge is 0.224 e. The van der Waals surface area contributed by atoms with Crippen molar-refractivity contribution in [2.24, 2.45) is 0 Å². The fourth-order valence-electron chi connectivity index (χ4n) is 1.92. The predicted molar refractivity (Wildman–Crippen MR) is 75.3 cm³/mol. The molecule has 1 aromatic heterocycles. The Kier molecular flexibility index (Phi) is 5.07. The summed E-state index contributed by atoms with van der Waals surface area (Å²) >= 11 is 0. The summed E-state index contributed by atoms with van der Waals surface area (Å²) in [6.45, 7) is 2.80. The standard InChI is InChI=1S/C12H19FN4OS/c1-2-5-14-12-15-8-10(13)11(17-12)16-9-3-6-19(18)7-4-9/h8-9H,2-7H2,1H3,(H2,14,15,16,17). The molecule has 0 atom stereocenters. The van der Waals surface area contributed by atoms with Gasteiger partial charge in [-0.1, -0.05) is 6.92 Å². The first-order valence-corrected chi connectivity index (χ1v) is 8.05. The van der Waals surface area contributed by atoms with Gasteiger partial charge in [-0.05, 0) is 19.3 Å². The number of aromatic nitrogens is 2. The van der Waals surface area contributed by atoms with Gasteiger partial charge < -0.3 is 10.6 Å². The van der Waals surface area contributed by atoms with Crippen LogP contribution in [0, 0.1) is 5.82 Å². The molecule has 0 unspecified atom stereocenters. The minimum absolute atomic E-state index is 0.140. The Morgan fingerprint density at radius 2 is 2.21 bits per heavy atom. The molecule has 0 bridgehead atoms. The van der Waals surface area contributed by atoms with E-state index in [2.05, 4.69) is 20.6 Å². The maximum absolute atomic E-state index is 13.6. The molecule has 0 radical (unpaired) electrons. The Bertz CT molecular complexity index is 447. The van der Waals surface area contributed by atoms with Crippen LogP contribution in [0.2, 0.25) is 0 Å². The van der Waals surface area contributed by atoms with Crippen LogP contribution in [0.25, 0.3) is 0 Å². The Morgan fingerprint density at radius 3 is 2.89 bits per heavy atom. The van der Waals surface area contributed by atoms with E-state index in [1.807, 2.05) is 6.92 Å². The van der Waals surface area contributed by atoms with Gasteiger partial charge in [0.25, 0.3) is 0 Å². The van der Waals surface area contributed by atoms with Gasteiger partial charge in [0.15, 0.2) is 11.6 Å². The summed E-state index contributed by atoms with van der Waals surface area (Å²) in [5, 5.41) is 6.11. The Hall–Kier alpha value is -1.24. The normalized spacial score (nSPS) is 23.1. The van der Waals surface area contributed by atoms with Gasteiger partial charge in [0, 0.05) is 34.9 Å². The molecule has 19 heavy (non-hydrogen) atoms. The predicted octanol–water partition coefficient (Wildman–Crippen LogP) is 1.76. The van der Waals surface area contributed by atoms with Crippen molar-refractivity contribution in [3.63, 3.8) is 0 Å². The van der Waals surface area contributed by atoms with Crippen molar-refractivity contribution in [2.45, 2.75) is 32.2 Å². The third-order valence-corrected chi connectivity index (χ3v) is 4.39. The van der Waals surface area contributed by atoms with Gasteiger partial charge >= 0.3 is 0 Å². The van der Waals surface area contributed by atoms with Gasteiger partial charge in [-0.3, -0.25) is 4.21 Å². The quantitative estimate of drug-likeness (QED) is 0.863. The zero-order chi connectivity index (χ0) is 13.7.